The SMILES string of the molecule is CC(N)(Cc1ccc(F)cc1)Cc1ccc(Br)s1. The van der Waals surface area contributed by atoms with Crippen molar-refractivity contribution in [3.63, 3.8) is 0 Å². The molecule has 0 aliphatic carbocycles. The lowest BCUT2D eigenvalue weighted by molar-refractivity contribution is 0.466. The molecular formula is C14H15BrFNS. The fraction of sp³-hybridized carbons (Fsp3) is 0.286. The summed E-state index contributed by atoms with van der Waals surface area (Å²) in [6.45, 7) is 2.03. The summed E-state index contributed by atoms with van der Waals surface area (Å²) in [6, 6.07) is 10.7. The van der Waals surface area contributed by atoms with E-state index < -0.39 is 0 Å². The first-order valence-corrected chi connectivity index (χ1v) is 7.33. The lowest BCUT2D eigenvalue weighted by atomic mass is 9.90. The highest BCUT2D eigenvalue weighted by molar-refractivity contribution is 9.11. The molecule has 2 rings (SSSR count). The smallest absolute Gasteiger partial charge is 0.123 e. The molecule has 96 valence electrons. The average Bonchev–Trinajstić information content (AvgIpc) is 2.66. The Hall–Kier alpha value is -0.710. The van der Waals surface area contributed by atoms with Crippen LogP contribution in [0.3, 0.4) is 0 Å². The highest BCUT2D eigenvalue weighted by atomic mass is 79.9. The first-order chi connectivity index (χ1) is 8.44. The molecule has 2 aromatic rings. The molecule has 0 amide bonds. The molecule has 1 heterocycles. The van der Waals surface area contributed by atoms with E-state index in [1.807, 2.05) is 13.0 Å². The summed E-state index contributed by atoms with van der Waals surface area (Å²) in [6.07, 6.45) is 1.56. The maximum Gasteiger partial charge on any atom is 0.123 e. The van der Waals surface area contributed by atoms with Crippen molar-refractivity contribution in [2.75, 3.05) is 0 Å². The van der Waals surface area contributed by atoms with Crippen LogP contribution in [0.1, 0.15) is 17.4 Å². The lowest BCUT2D eigenvalue weighted by Crippen LogP contribution is -2.40. The third-order valence-electron chi connectivity index (χ3n) is 2.73. The van der Waals surface area contributed by atoms with Crippen LogP contribution >= 0.6 is 27.3 Å². The van der Waals surface area contributed by atoms with Gasteiger partial charge in [0.1, 0.15) is 5.82 Å². The van der Waals surface area contributed by atoms with E-state index in [-0.39, 0.29) is 11.4 Å². The standard InChI is InChI=1S/C14H15BrFNS/c1-14(17,9-12-6-7-13(15)18-12)8-10-2-4-11(16)5-3-10/h2-7H,8-9,17H2,1H3. The number of rotatable bonds is 4. The Balaban J connectivity index is 2.04. The number of benzene rings is 1. The van der Waals surface area contributed by atoms with Gasteiger partial charge >= 0.3 is 0 Å². The number of nitrogens with two attached hydrogens (primary N) is 1. The van der Waals surface area contributed by atoms with Crippen molar-refractivity contribution < 1.29 is 4.39 Å². The topological polar surface area (TPSA) is 26.0 Å². The normalized spacial score (nSPS) is 14.4. The van der Waals surface area contributed by atoms with Gasteiger partial charge in [0, 0.05) is 10.4 Å². The predicted molar refractivity (Wildman–Crippen MR) is 78.4 cm³/mol. The van der Waals surface area contributed by atoms with E-state index in [0.29, 0.717) is 0 Å². The maximum atomic E-state index is 12.8. The van der Waals surface area contributed by atoms with Gasteiger partial charge in [0.05, 0.1) is 3.79 Å². The van der Waals surface area contributed by atoms with E-state index in [0.717, 1.165) is 22.2 Å². The van der Waals surface area contributed by atoms with Crippen molar-refractivity contribution in [2.24, 2.45) is 5.73 Å². The van der Waals surface area contributed by atoms with Crippen LogP contribution in [0.4, 0.5) is 4.39 Å². The molecule has 2 N–H and O–H groups in total. The van der Waals surface area contributed by atoms with Crippen LogP contribution in [0.2, 0.25) is 0 Å². The van der Waals surface area contributed by atoms with Gasteiger partial charge in [-0.2, -0.15) is 0 Å². The van der Waals surface area contributed by atoms with Gasteiger partial charge in [0.15, 0.2) is 0 Å². The van der Waals surface area contributed by atoms with E-state index in [1.54, 1.807) is 23.5 Å². The number of thiophene rings is 1. The van der Waals surface area contributed by atoms with Gasteiger partial charge in [-0.15, -0.1) is 11.3 Å². The molecule has 1 nitrogen and oxygen atoms in total. The molecule has 1 unspecified atom stereocenters. The number of halogens is 2. The molecular weight excluding hydrogens is 313 g/mol. The summed E-state index contributed by atoms with van der Waals surface area (Å²) in [7, 11) is 0. The van der Waals surface area contributed by atoms with Crippen molar-refractivity contribution in [1.29, 1.82) is 0 Å². The second kappa shape index (κ2) is 5.51. The van der Waals surface area contributed by atoms with Crippen molar-refractivity contribution >= 4 is 27.3 Å². The van der Waals surface area contributed by atoms with Crippen LogP contribution < -0.4 is 5.73 Å². The van der Waals surface area contributed by atoms with Crippen molar-refractivity contribution in [2.45, 2.75) is 25.3 Å². The quantitative estimate of drug-likeness (QED) is 0.896. The minimum absolute atomic E-state index is 0.209. The molecule has 0 spiro atoms. The molecule has 0 saturated carbocycles. The Labute approximate surface area is 119 Å². The summed E-state index contributed by atoms with van der Waals surface area (Å²) in [5.74, 6) is -0.209. The summed E-state index contributed by atoms with van der Waals surface area (Å²) in [4.78, 5) is 1.26. The van der Waals surface area contributed by atoms with Crippen LogP contribution in [0.15, 0.2) is 40.2 Å². The third kappa shape index (κ3) is 3.90. The highest BCUT2D eigenvalue weighted by Crippen LogP contribution is 2.26. The number of hydrogen-bond acceptors (Lipinski definition) is 2. The Morgan fingerprint density at radius 1 is 1.17 bits per heavy atom. The van der Waals surface area contributed by atoms with E-state index in [9.17, 15) is 4.39 Å². The zero-order chi connectivity index (χ0) is 13.2. The van der Waals surface area contributed by atoms with E-state index in [2.05, 4.69) is 22.0 Å². The first kappa shape index (κ1) is 13.7. The predicted octanol–water partition coefficient (Wildman–Crippen LogP) is 4.15. The average molecular weight is 328 g/mol. The van der Waals surface area contributed by atoms with Crippen LogP contribution in [0.5, 0.6) is 0 Å². The van der Waals surface area contributed by atoms with E-state index in [1.165, 1.54) is 17.0 Å². The first-order valence-electron chi connectivity index (χ1n) is 5.72. The van der Waals surface area contributed by atoms with Crippen molar-refractivity contribution in [3.05, 3.63) is 56.4 Å². The van der Waals surface area contributed by atoms with Crippen LogP contribution in [0.25, 0.3) is 0 Å². The minimum Gasteiger partial charge on any atom is -0.325 e. The Kier molecular flexibility index (Phi) is 4.20. The van der Waals surface area contributed by atoms with Crippen LogP contribution in [0, 0.1) is 5.82 Å². The van der Waals surface area contributed by atoms with E-state index in [4.69, 9.17) is 5.73 Å². The van der Waals surface area contributed by atoms with Gasteiger partial charge < -0.3 is 5.73 Å². The van der Waals surface area contributed by atoms with Gasteiger partial charge in [-0.1, -0.05) is 12.1 Å². The molecule has 0 aliphatic rings. The summed E-state index contributed by atoms with van der Waals surface area (Å²) in [5.41, 5.74) is 7.08. The van der Waals surface area contributed by atoms with Crippen LogP contribution in [-0.4, -0.2) is 5.54 Å². The van der Waals surface area contributed by atoms with Crippen molar-refractivity contribution in [3.8, 4) is 0 Å². The molecule has 1 aromatic heterocycles. The molecule has 0 aliphatic heterocycles. The van der Waals surface area contributed by atoms with Gasteiger partial charge in [0.2, 0.25) is 0 Å². The summed E-state index contributed by atoms with van der Waals surface area (Å²) < 4.78 is 14.0. The fourth-order valence-corrected chi connectivity index (χ4v) is 3.66. The summed E-state index contributed by atoms with van der Waals surface area (Å²) >= 11 is 5.15. The number of hydrogen-bond donors (Lipinski definition) is 1. The Morgan fingerprint density at radius 2 is 1.83 bits per heavy atom. The van der Waals surface area contributed by atoms with Gasteiger partial charge in [0.25, 0.3) is 0 Å². The second-order valence-electron chi connectivity index (χ2n) is 4.84. The maximum absolute atomic E-state index is 12.8. The van der Waals surface area contributed by atoms with Crippen LogP contribution in [-0.2, 0) is 12.8 Å². The lowest BCUT2D eigenvalue weighted by Gasteiger charge is -2.24. The van der Waals surface area contributed by atoms with E-state index >= 15 is 0 Å². The minimum atomic E-state index is -0.317. The molecule has 1 aromatic carbocycles. The third-order valence-corrected chi connectivity index (χ3v) is 4.35. The van der Waals surface area contributed by atoms with Gasteiger partial charge in [-0.3, -0.25) is 0 Å². The molecule has 0 saturated heterocycles. The zero-order valence-corrected chi connectivity index (χ0v) is 12.5. The molecule has 0 radical (unpaired) electrons. The molecule has 1 atom stereocenters. The molecule has 0 bridgehead atoms. The van der Waals surface area contributed by atoms with Crippen molar-refractivity contribution in [1.82, 2.24) is 0 Å². The summed E-state index contributed by atoms with van der Waals surface area (Å²) in [5, 5.41) is 0. The second-order valence-corrected chi connectivity index (χ2v) is 7.39. The molecule has 0 fully saturated rings. The molecule has 4 heteroatoms. The Morgan fingerprint density at radius 3 is 2.39 bits per heavy atom. The monoisotopic (exact) mass is 327 g/mol. The zero-order valence-electron chi connectivity index (χ0n) is 10.1. The Bertz CT molecular complexity index is 519. The fourth-order valence-electron chi connectivity index (χ4n) is 1.98. The van der Waals surface area contributed by atoms with Gasteiger partial charge in [-0.05, 0) is 65.5 Å². The molecule has 18 heavy (non-hydrogen) atoms. The largest absolute Gasteiger partial charge is 0.325 e. The highest BCUT2D eigenvalue weighted by Gasteiger charge is 2.20. The van der Waals surface area contributed by atoms with Gasteiger partial charge in [-0.25, -0.2) is 4.39 Å².